The quantitative estimate of drug-likeness (QED) is 0.933. The third-order valence-electron chi connectivity index (χ3n) is 4.14. The minimum absolute atomic E-state index is 0.101. The molecule has 1 N–H and O–H groups in total. The first-order valence-corrected chi connectivity index (χ1v) is 7.72. The van der Waals surface area contributed by atoms with E-state index >= 15 is 0 Å². The Kier molecular flexibility index (Phi) is 4.73. The summed E-state index contributed by atoms with van der Waals surface area (Å²) in [5, 5.41) is 7.39. The van der Waals surface area contributed by atoms with E-state index < -0.39 is 0 Å². The summed E-state index contributed by atoms with van der Waals surface area (Å²) in [6.45, 7) is 4.14. The highest BCUT2D eigenvalue weighted by Crippen LogP contribution is 2.21. The predicted octanol–water partition coefficient (Wildman–Crippen LogP) is 1.92. The van der Waals surface area contributed by atoms with E-state index in [4.69, 9.17) is 9.26 Å². The van der Waals surface area contributed by atoms with Crippen molar-refractivity contribution >= 4 is 5.91 Å². The number of nitrogens with one attached hydrogen (secondary N) is 1. The molecule has 1 aromatic carbocycles. The third kappa shape index (κ3) is 3.28. The van der Waals surface area contributed by atoms with Gasteiger partial charge in [0.15, 0.2) is 5.69 Å². The van der Waals surface area contributed by atoms with E-state index in [1.54, 1.807) is 14.0 Å². The van der Waals surface area contributed by atoms with E-state index in [2.05, 4.69) is 22.6 Å². The van der Waals surface area contributed by atoms with Crippen molar-refractivity contribution in [2.75, 3.05) is 26.7 Å². The van der Waals surface area contributed by atoms with Crippen LogP contribution in [0, 0.1) is 6.92 Å². The van der Waals surface area contributed by atoms with Crippen LogP contribution in [0.15, 0.2) is 34.9 Å². The van der Waals surface area contributed by atoms with Crippen LogP contribution < -0.4 is 5.32 Å². The summed E-state index contributed by atoms with van der Waals surface area (Å²) in [5.74, 6) is 0.529. The lowest BCUT2D eigenvalue weighted by Crippen LogP contribution is -2.48. The lowest BCUT2D eigenvalue weighted by Gasteiger charge is -2.33. The number of benzene rings is 1. The van der Waals surface area contributed by atoms with Gasteiger partial charge in [-0.3, -0.25) is 4.79 Å². The first-order chi connectivity index (χ1) is 11.2. The van der Waals surface area contributed by atoms with E-state index in [1.807, 2.05) is 23.1 Å². The fraction of sp³-hybridized carbons (Fsp3) is 0.412. The van der Waals surface area contributed by atoms with Gasteiger partial charge in [0.05, 0.1) is 12.2 Å². The van der Waals surface area contributed by atoms with Crippen LogP contribution in [0.2, 0.25) is 0 Å². The molecule has 1 aliphatic heterocycles. The van der Waals surface area contributed by atoms with E-state index in [0.29, 0.717) is 31.2 Å². The van der Waals surface area contributed by atoms with E-state index in [9.17, 15) is 4.79 Å². The highest BCUT2D eigenvalue weighted by molar-refractivity contribution is 5.94. The molecule has 1 fully saturated rings. The molecule has 23 heavy (non-hydrogen) atoms. The second-order valence-corrected chi connectivity index (χ2v) is 5.67. The zero-order valence-corrected chi connectivity index (χ0v) is 13.4. The van der Waals surface area contributed by atoms with Crippen molar-refractivity contribution in [3.05, 3.63) is 52.9 Å². The Morgan fingerprint density at radius 1 is 1.43 bits per heavy atom. The summed E-state index contributed by atoms with van der Waals surface area (Å²) in [6, 6.07) is 10.3. The fourth-order valence-electron chi connectivity index (χ4n) is 2.87. The van der Waals surface area contributed by atoms with Crippen molar-refractivity contribution in [1.29, 1.82) is 0 Å². The number of carbonyl (C=O) groups is 1. The Bertz CT molecular complexity index is 669. The average Bonchev–Trinajstić information content (AvgIpc) is 2.96. The minimum atomic E-state index is -0.101. The van der Waals surface area contributed by atoms with Gasteiger partial charge in [0.2, 0.25) is 0 Å². The number of aryl methyl sites for hydroxylation is 1. The van der Waals surface area contributed by atoms with Crippen LogP contribution >= 0.6 is 0 Å². The number of carbonyl (C=O) groups excluding carboxylic acids is 1. The van der Waals surface area contributed by atoms with Crippen LogP contribution in [-0.2, 0) is 11.3 Å². The van der Waals surface area contributed by atoms with Crippen molar-refractivity contribution in [3.8, 4) is 0 Å². The Labute approximate surface area is 135 Å². The summed E-state index contributed by atoms with van der Waals surface area (Å²) in [6.07, 6.45) is 0. The number of hydrogen-bond acceptors (Lipinski definition) is 5. The topological polar surface area (TPSA) is 67.6 Å². The van der Waals surface area contributed by atoms with Crippen molar-refractivity contribution in [2.24, 2.45) is 0 Å². The molecule has 0 saturated carbocycles. The molecule has 1 aliphatic rings. The summed E-state index contributed by atoms with van der Waals surface area (Å²) in [4.78, 5) is 14.6. The Balaban J connectivity index is 1.77. The largest absolute Gasteiger partial charge is 0.380 e. The fourth-order valence-corrected chi connectivity index (χ4v) is 2.87. The molecule has 0 unspecified atom stereocenters. The molecule has 0 bridgehead atoms. The highest BCUT2D eigenvalue weighted by Gasteiger charge is 2.29. The lowest BCUT2D eigenvalue weighted by atomic mass is 10.0. The molecule has 6 heteroatoms. The van der Waals surface area contributed by atoms with Crippen LogP contribution in [0.5, 0.6) is 0 Å². The monoisotopic (exact) mass is 315 g/mol. The smallest absolute Gasteiger partial charge is 0.276 e. The zero-order chi connectivity index (χ0) is 16.2. The van der Waals surface area contributed by atoms with Gasteiger partial charge in [0, 0.05) is 32.8 Å². The molecule has 2 heterocycles. The summed E-state index contributed by atoms with van der Waals surface area (Å²) < 4.78 is 10.3. The molecular formula is C17H21N3O3. The van der Waals surface area contributed by atoms with Gasteiger partial charge in [-0.25, -0.2) is 0 Å². The first-order valence-electron chi connectivity index (χ1n) is 7.72. The van der Waals surface area contributed by atoms with Gasteiger partial charge >= 0.3 is 0 Å². The number of aromatic nitrogens is 1. The normalized spacial score (nSPS) is 18.2. The molecule has 1 amide bonds. The summed E-state index contributed by atoms with van der Waals surface area (Å²) in [5.41, 5.74) is 2.27. The molecule has 0 radical (unpaired) electrons. The highest BCUT2D eigenvalue weighted by atomic mass is 16.5. The number of nitrogens with zero attached hydrogens (tertiary/aromatic N) is 2. The molecule has 122 valence electrons. The van der Waals surface area contributed by atoms with Crippen LogP contribution in [0.3, 0.4) is 0 Å². The maximum atomic E-state index is 12.8. The van der Waals surface area contributed by atoms with Crippen molar-refractivity contribution < 1.29 is 14.1 Å². The van der Waals surface area contributed by atoms with Gasteiger partial charge in [0.25, 0.3) is 5.91 Å². The van der Waals surface area contributed by atoms with Crippen LogP contribution in [0.1, 0.15) is 33.4 Å². The van der Waals surface area contributed by atoms with Crippen LogP contribution in [0.25, 0.3) is 0 Å². The SMILES string of the molecule is COCc1c(C(=O)N2CCN[C@H](c3ccccc3)C2)noc1C. The number of ether oxygens (including phenoxy) is 1. The third-order valence-corrected chi connectivity index (χ3v) is 4.14. The number of methoxy groups -OCH3 is 1. The molecule has 1 atom stereocenters. The average molecular weight is 315 g/mol. The molecule has 6 nitrogen and oxygen atoms in total. The zero-order valence-electron chi connectivity index (χ0n) is 13.4. The van der Waals surface area contributed by atoms with E-state index in [0.717, 1.165) is 12.1 Å². The second-order valence-electron chi connectivity index (χ2n) is 5.67. The lowest BCUT2D eigenvalue weighted by molar-refractivity contribution is 0.0688. The van der Waals surface area contributed by atoms with Gasteiger partial charge in [-0.2, -0.15) is 0 Å². The maximum absolute atomic E-state index is 12.8. The Morgan fingerprint density at radius 3 is 2.96 bits per heavy atom. The maximum Gasteiger partial charge on any atom is 0.276 e. The minimum Gasteiger partial charge on any atom is -0.380 e. The van der Waals surface area contributed by atoms with Gasteiger partial charge in [-0.1, -0.05) is 35.5 Å². The van der Waals surface area contributed by atoms with Gasteiger partial charge in [0.1, 0.15) is 5.76 Å². The number of amides is 1. The standard InChI is InChI=1S/C17H21N3O3/c1-12-14(11-22-2)16(19-23-12)17(21)20-9-8-18-15(10-20)13-6-4-3-5-7-13/h3-7,15,18H,8-11H2,1-2H3/t15-/m0/s1. The molecule has 2 aromatic rings. The number of hydrogen-bond donors (Lipinski definition) is 1. The van der Waals surface area contributed by atoms with E-state index in [-0.39, 0.29) is 11.9 Å². The first kappa shape index (κ1) is 15.7. The molecule has 1 saturated heterocycles. The number of piperazine rings is 1. The van der Waals surface area contributed by atoms with Crippen LogP contribution in [-0.4, -0.2) is 42.7 Å². The Morgan fingerprint density at radius 2 is 2.22 bits per heavy atom. The van der Waals surface area contributed by atoms with Crippen LogP contribution in [0.4, 0.5) is 0 Å². The molecule has 3 rings (SSSR count). The van der Waals surface area contributed by atoms with Crippen molar-refractivity contribution in [1.82, 2.24) is 15.4 Å². The second kappa shape index (κ2) is 6.93. The predicted molar refractivity (Wildman–Crippen MR) is 85.0 cm³/mol. The molecule has 1 aromatic heterocycles. The summed E-state index contributed by atoms with van der Waals surface area (Å²) in [7, 11) is 1.59. The van der Waals surface area contributed by atoms with Crippen molar-refractivity contribution in [3.63, 3.8) is 0 Å². The van der Waals surface area contributed by atoms with Crippen molar-refractivity contribution in [2.45, 2.75) is 19.6 Å². The van der Waals surface area contributed by atoms with Gasteiger partial charge < -0.3 is 19.5 Å². The molecule has 0 aliphatic carbocycles. The van der Waals surface area contributed by atoms with E-state index in [1.165, 1.54) is 5.56 Å². The summed E-state index contributed by atoms with van der Waals surface area (Å²) >= 11 is 0. The van der Waals surface area contributed by atoms with Gasteiger partial charge in [-0.05, 0) is 12.5 Å². The van der Waals surface area contributed by atoms with Gasteiger partial charge in [-0.15, -0.1) is 0 Å². The Hall–Kier alpha value is -2.18. The number of rotatable bonds is 4. The molecule has 0 spiro atoms. The molecular weight excluding hydrogens is 294 g/mol.